The summed E-state index contributed by atoms with van der Waals surface area (Å²) < 4.78 is 19.5. The van der Waals surface area contributed by atoms with Gasteiger partial charge < -0.3 is 10.5 Å². The van der Waals surface area contributed by atoms with Crippen LogP contribution in [0.15, 0.2) is 12.1 Å². The van der Waals surface area contributed by atoms with Crippen LogP contribution in [-0.2, 0) is 0 Å². The molecular weight excluding hydrogens is 259 g/mol. The quantitative estimate of drug-likeness (QED) is 0.929. The lowest BCUT2D eigenvalue weighted by Crippen LogP contribution is -2.07. The van der Waals surface area contributed by atoms with Crippen molar-refractivity contribution in [1.29, 1.82) is 0 Å². The zero-order valence-corrected chi connectivity index (χ0v) is 11.8. The predicted octanol–water partition coefficient (Wildman–Crippen LogP) is 2.67. The molecule has 0 radical (unpaired) electrons. The number of nitrogens with zero attached hydrogens (tertiary/aromatic N) is 3. The first-order valence-corrected chi connectivity index (χ1v) is 6.42. The molecule has 1 aromatic carbocycles. The third kappa shape index (κ3) is 3.01. The van der Waals surface area contributed by atoms with E-state index in [0.29, 0.717) is 12.2 Å². The Bertz CT molecular complexity index is 608. The highest BCUT2D eigenvalue weighted by atomic mass is 19.1. The Morgan fingerprint density at radius 1 is 1.20 bits per heavy atom. The van der Waals surface area contributed by atoms with Gasteiger partial charge in [0.2, 0.25) is 5.95 Å². The zero-order chi connectivity index (χ0) is 14.7. The molecule has 0 aliphatic carbocycles. The van der Waals surface area contributed by atoms with Crippen molar-refractivity contribution in [1.82, 2.24) is 15.0 Å². The molecule has 0 spiro atoms. The van der Waals surface area contributed by atoms with Gasteiger partial charge in [-0.2, -0.15) is 15.0 Å². The largest absolute Gasteiger partial charge is 0.463 e. The van der Waals surface area contributed by atoms with Gasteiger partial charge in [-0.05, 0) is 37.5 Å². The van der Waals surface area contributed by atoms with Crippen LogP contribution in [0.5, 0.6) is 6.01 Å². The molecule has 0 fully saturated rings. The Kier molecular flexibility index (Phi) is 4.12. The van der Waals surface area contributed by atoms with E-state index in [1.165, 1.54) is 6.07 Å². The SMILES string of the molecule is CCCOc1nc(N)nc(-c2c(C)cc(C)cc2F)n1. The minimum atomic E-state index is -0.380. The van der Waals surface area contributed by atoms with Crippen molar-refractivity contribution < 1.29 is 9.13 Å². The van der Waals surface area contributed by atoms with E-state index >= 15 is 0 Å². The molecular formula is C14H17FN4O. The van der Waals surface area contributed by atoms with Crippen molar-refractivity contribution >= 4 is 5.95 Å². The number of nitrogen functional groups attached to an aromatic ring is 1. The van der Waals surface area contributed by atoms with Gasteiger partial charge >= 0.3 is 6.01 Å². The van der Waals surface area contributed by atoms with E-state index in [0.717, 1.165) is 17.5 Å². The van der Waals surface area contributed by atoms with Crippen LogP contribution < -0.4 is 10.5 Å². The second kappa shape index (κ2) is 5.81. The van der Waals surface area contributed by atoms with Gasteiger partial charge in [0.15, 0.2) is 5.82 Å². The standard InChI is InChI=1S/C14H17FN4O/c1-4-5-20-14-18-12(17-13(16)19-14)11-9(3)6-8(2)7-10(11)15/h6-7H,4-5H2,1-3H3,(H2,16,17,18,19). The molecule has 1 heterocycles. The first-order valence-electron chi connectivity index (χ1n) is 6.42. The molecule has 2 N–H and O–H groups in total. The monoisotopic (exact) mass is 276 g/mol. The zero-order valence-electron chi connectivity index (χ0n) is 11.8. The van der Waals surface area contributed by atoms with E-state index in [4.69, 9.17) is 10.5 Å². The number of nitrogens with two attached hydrogens (primary N) is 1. The van der Waals surface area contributed by atoms with Crippen LogP contribution in [0.25, 0.3) is 11.4 Å². The van der Waals surface area contributed by atoms with Gasteiger partial charge in [0.1, 0.15) is 5.82 Å². The van der Waals surface area contributed by atoms with E-state index in [9.17, 15) is 4.39 Å². The van der Waals surface area contributed by atoms with Crippen LogP contribution in [0.4, 0.5) is 10.3 Å². The first kappa shape index (κ1) is 14.2. The van der Waals surface area contributed by atoms with Gasteiger partial charge in [0, 0.05) is 0 Å². The summed E-state index contributed by atoms with van der Waals surface area (Å²) in [6, 6.07) is 3.42. The molecule has 0 saturated heterocycles. The molecule has 20 heavy (non-hydrogen) atoms. The lowest BCUT2D eigenvalue weighted by atomic mass is 10.0. The van der Waals surface area contributed by atoms with E-state index in [-0.39, 0.29) is 23.6 Å². The second-order valence-corrected chi connectivity index (χ2v) is 4.59. The van der Waals surface area contributed by atoms with Crippen LogP contribution in [0.3, 0.4) is 0 Å². The van der Waals surface area contributed by atoms with Crippen LogP contribution in [-0.4, -0.2) is 21.6 Å². The molecule has 0 atom stereocenters. The average molecular weight is 276 g/mol. The molecule has 2 rings (SSSR count). The van der Waals surface area contributed by atoms with E-state index in [1.807, 2.05) is 19.9 Å². The van der Waals surface area contributed by atoms with Crippen molar-refractivity contribution in [3.63, 3.8) is 0 Å². The average Bonchev–Trinajstić information content (AvgIpc) is 2.34. The fourth-order valence-corrected chi connectivity index (χ4v) is 1.94. The molecule has 5 nitrogen and oxygen atoms in total. The maximum atomic E-state index is 14.1. The van der Waals surface area contributed by atoms with Gasteiger partial charge in [-0.3, -0.25) is 0 Å². The molecule has 0 amide bonds. The highest BCUT2D eigenvalue weighted by Crippen LogP contribution is 2.26. The minimum Gasteiger partial charge on any atom is -0.463 e. The molecule has 1 aromatic heterocycles. The normalized spacial score (nSPS) is 10.6. The van der Waals surface area contributed by atoms with Crippen molar-refractivity contribution in [2.24, 2.45) is 0 Å². The molecule has 6 heteroatoms. The Morgan fingerprint density at radius 3 is 2.60 bits per heavy atom. The van der Waals surface area contributed by atoms with Crippen LogP contribution in [0.1, 0.15) is 24.5 Å². The Hall–Kier alpha value is -2.24. The molecule has 0 saturated carbocycles. The Labute approximate surface area is 117 Å². The number of hydrogen-bond donors (Lipinski definition) is 1. The number of aromatic nitrogens is 3. The number of ether oxygens (including phenoxy) is 1. The maximum absolute atomic E-state index is 14.1. The molecule has 0 bridgehead atoms. The van der Waals surface area contributed by atoms with Gasteiger partial charge in [0.05, 0.1) is 12.2 Å². The molecule has 106 valence electrons. The van der Waals surface area contributed by atoms with Crippen LogP contribution >= 0.6 is 0 Å². The summed E-state index contributed by atoms with van der Waals surface area (Å²) in [5, 5.41) is 0. The smallest absolute Gasteiger partial charge is 0.321 e. The van der Waals surface area contributed by atoms with Crippen molar-refractivity contribution in [3.8, 4) is 17.4 Å². The highest BCUT2D eigenvalue weighted by Gasteiger charge is 2.15. The summed E-state index contributed by atoms with van der Waals surface area (Å²) in [5.41, 5.74) is 7.54. The lowest BCUT2D eigenvalue weighted by Gasteiger charge is -2.09. The fourth-order valence-electron chi connectivity index (χ4n) is 1.94. The van der Waals surface area contributed by atoms with Crippen LogP contribution in [0.2, 0.25) is 0 Å². The van der Waals surface area contributed by atoms with Gasteiger partial charge in [-0.1, -0.05) is 13.0 Å². The molecule has 0 aliphatic rings. The molecule has 2 aromatic rings. The summed E-state index contributed by atoms with van der Waals surface area (Å²) in [6.07, 6.45) is 0.818. The summed E-state index contributed by atoms with van der Waals surface area (Å²) >= 11 is 0. The fraction of sp³-hybridized carbons (Fsp3) is 0.357. The van der Waals surface area contributed by atoms with Gasteiger partial charge in [-0.15, -0.1) is 0 Å². The predicted molar refractivity (Wildman–Crippen MR) is 74.9 cm³/mol. The van der Waals surface area contributed by atoms with E-state index < -0.39 is 0 Å². The highest BCUT2D eigenvalue weighted by molar-refractivity contribution is 5.62. The summed E-state index contributed by atoms with van der Waals surface area (Å²) in [7, 11) is 0. The Morgan fingerprint density at radius 2 is 1.95 bits per heavy atom. The third-order valence-electron chi connectivity index (χ3n) is 2.72. The number of halogens is 1. The minimum absolute atomic E-state index is 0.0143. The lowest BCUT2D eigenvalue weighted by molar-refractivity contribution is 0.292. The number of hydrogen-bond acceptors (Lipinski definition) is 5. The summed E-state index contributed by atoms with van der Waals surface area (Å²) in [4.78, 5) is 12.0. The van der Waals surface area contributed by atoms with Crippen molar-refractivity contribution in [3.05, 3.63) is 29.1 Å². The summed E-state index contributed by atoms with van der Waals surface area (Å²) in [6.45, 7) is 6.07. The number of benzene rings is 1. The topological polar surface area (TPSA) is 73.9 Å². The van der Waals surface area contributed by atoms with Gasteiger partial charge in [-0.25, -0.2) is 4.39 Å². The third-order valence-corrected chi connectivity index (χ3v) is 2.72. The van der Waals surface area contributed by atoms with Crippen molar-refractivity contribution in [2.45, 2.75) is 27.2 Å². The Balaban J connectivity index is 2.50. The second-order valence-electron chi connectivity index (χ2n) is 4.59. The number of aryl methyl sites for hydroxylation is 2. The van der Waals surface area contributed by atoms with E-state index in [1.54, 1.807) is 6.92 Å². The molecule has 0 unspecified atom stereocenters. The number of anilines is 1. The van der Waals surface area contributed by atoms with Crippen LogP contribution in [0, 0.1) is 19.7 Å². The maximum Gasteiger partial charge on any atom is 0.321 e. The van der Waals surface area contributed by atoms with E-state index in [2.05, 4.69) is 15.0 Å². The first-order chi connectivity index (χ1) is 9.51. The number of rotatable bonds is 4. The summed E-state index contributed by atoms with van der Waals surface area (Å²) in [5.74, 6) is -0.173. The van der Waals surface area contributed by atoms with Crippen molar-refractivity contribution in [2.75, 3.05) is 12.3 Å². The molecule has 0 aliphatic heterocycles. The van der Waals surface area contributed by atoms with Gasteiger partial charge in [0.25, 0.3) is 0 Å².